The van der Waals surface area contributed by atoms with Crippen molar-refractivity contribution in [1.29, 1.82) is 5.26 Å². The van der Waals surface area contributed by atoms with Crippen LogP contribution in [0.3, 0.4) is 0 Å². The Balaban J connectivity index is 1.65. The SMILES string of the molecule is CCc1nn2c(=O)cc(CN3C(=O)N[C@@](C)(c4ccc(C#N)cc4)C3=O)nc2s1. The number of carbonyl (C=O) groups excluding carboxylic acids is 2. The number of amides is 3. The van der Waals surface area contributed by atoms with Gasteiger partial charge < -0.3 is 5.32 Å². The van der Waals surface area contributed by atoms with E-state index >= 15 is 0 Å². The van der Waals surface area contributed by atoms with Crippen LogP contribution in [0.15, 0.2) is 35.1 Å². The van der Waals surface area contributed by atoms with Crippen molar-refractivity contribution in [3.05, 3.63) is 62.5 Å². The topological polar surface area (TPSA) is 120 Å². The van der Waals surface area contributed by atoms with Gasteiger partial charge in [0.05, 0.1) is 23.9 Å². The van der Waals surface area contributed by atoms with Crippen molar-refractivity contribution in [2.24, 2.45) is 0 Å². The second-order valence-corrected chi connectivity index (χ2v) is 7.81. The molecule has 2 aromatic heterocycles. The van der Waals surface area contributed by atoms with Crippen molar-refractivity contribution in [2.75, 3.05) is 0 Å². The average Bonchev–Trinajstić information content (AvgIpc) is 3.23. The number of aromatic nitrogens is 3. The summed E-state index contributed by atoms with van der Waals surface area (Å²) in [4.78, 5) is 43.7. The zero-order chi connectivity index (χ0) is 20.8. The molecule has 3 heterocycles. The number of aryl methyl sites for hydroxylation is 1. The highest BCUT2D eigenvalue weighted by Crippen LogP contribution is 2.29. The Hall–Kier alpha value is -3.58. The van der Waals surface area contributed by atoms with Gasteiger partial charge in [0.25, 0.3) is 11.5 Å². The molecule has 3 aromatic rings. The normalized spacial score (nSPS) is 18.9. The van der Waals surface area contributed by atoms with Crippen LogP contribution in [0.1, 0.15) is 35.7 Å². The monoisotopic (exact) mass is 408 g/mol. The van der Waals surface area contributed by atoms with Gasteiger partial charge in [0.2, 0.25) is 4.96 Å². The van der Waals surface area contributed by atoms with E-state index in [1.807, 2.05) is 13.0 Å². The Morgan fingerprint density at radius 1 is 1.24 bits per heavy atom. The van der Waals surface area contributed by atoms with Gasteiger partial charge in [0.15, 0.2) is 0 Å². The highest BCUT2D eigenvalue weighted by Gasteiger charge is 2.49. The van der Waals surface area contributed by atoms with E-state index in [1.165, 1.54) is 21.9 Å². The molecule has 146 valence electrons. The summed E-state index contributed by atoms with van der Waals surface area (Å²) >= 11 is 1.30. The van der Waals surface area contributed by atoms with E-state index in [9.17, 15) is 14.4 Å². The lowest BCUT2D eigenvalue weighted by Gasteiger charge is -2.22. The molecule has 1 atom stereocenters. The molecule has 1 saturated heterocycles. The molecule has 1 N–H and O–H groups in total. The highest BCUT2D eigenvalue weighted by molar-refractivity contribution is 7.16. The molecule has 10 heteroatoms. The molecule has 1 aliphatic heterocycles. The highest BCUT2D eigenvalue weighted by atomic mass is 32.1. The summed E-state index contributed by atoms with van der Waals surface area (Å²) < 4.78 is 1.22. The number of nitriles is 1. The van der Waals surface area contributed by atoms with E-state index in [4.69, 9.17) is 5.26 Å². The summed E-state index contributed by atoms with van der Waals surface area (Å²) in [5.74, 6) is -0.451. The predicted molar refractivity (Wildman–Crippen MR) is 104 cm³/mol. The zero-order valence-corrected chi connectivity index (χ0v) is 16.5. The van der Waals surface area contributed by atoms with E-state index in [2.05, 4.69) is 15.4 Å². The van der Waals surface area contributed by atoms with Crippen LogP contribution in [0.25, 0.3) is 4.96 Å². The Morgan fingerprint density at radius 3 is 2.62 bits per heavy atom. The second kappa shape index (κ2) is 6.79. The Kier molecular flexibility index (Phi) is 4.39. The van der Waals surface area contributed by atoms with E-state index in [0.717, 1.165) is 9.91 Å². The minimum absolute atomic E-state index is 0.123. The number of nitrogens with zero attached hydrogens (tertiary/aromatic N) is 5. The summed E-state index contributed by atoms with van der Waals surface area (Å²) in [5, 5.41) is 16.6. The summed E-state index contributed by atoms with van der Waals surface area (Å²) in [6.45, 7) is 3.42. The molecule has 0 unspecified atom stereocenters. The lowest BCUT2D eigenvalue weighted by Crippen LogP contribution is -2.40. The van der Waals surface area contributed by atoms with Gasteiger partial charge >= 0.3 is 6.03 Å². The van der Waals surface area contributed by atoms with E-state index in [-0.39, 0.29) is 12.1 Å². The van der Waals surface area contributed by atoms with Crippen molar-refractivity contribution in [1.82, 2.24) is 24.8 Å². The molecule has 29 heavy (non-hydrogen) atoms. The van der Waals surface area contributed by atoms with Gasteiger partial charge in [-0.15, -0.1) is 0 Å². The Bertz CT molecular complexity index is 1240. The first-order chi connectivity index (χ1) is 13.9. The molecule has 1 fully saturated rings. The third kappa shape index (κ3) is 3.05. The average molecular weight is 408 g/mol. The first-order valence-electron chi connectivity index (χ1n) is 8.89. The van der Waals surface area contributed by atoms with Crippen LogP contribution in [-0.4, -0.2) is 31.4 Å². The first kappa shape index (κ1) is 18.8. The van der Waals surface area contributed by atoms with Crippen molar-refractivity contribution in [3.63, 3.8) is 0 Å². The summed E-state index contributed by atoms with van der Waals surface area (Å²) in [6.07, 6.45) is 0.679. The smallest absolute Gasteiger partial charge is 0.319 e. The van der Waals surface area contributed by atoms with Crippen LogP contribution in [0.4, 0.5) is 4.79 Å². The van der Waals surface area contributed by atoms with E-state index < -0.39 is 17.5 Å². The minimum Gasteiger partial charge on any atom is -0.319 e. The number of benzene rings is 1. The van der Waals surface area contributed by atoms with Gasteiger partial charge in [-0.2, -0.15) is 14.9 Å². The molecule has 1 aliphatic rings. The number of rotatable bonds is 4. The fraction of sp³-hybridized carbons (Fsp3) is 0.263. The maximum Gasteiger partial charge on any atom is 0.325 e. The fourth-order valence-electron chi connectivity index (χ4n) is 3.20. The molecule has 0 radical (unpaired) electrons. The molecule has 0 spiro atoms. The largest absolute Gasteiger partial charge is 0.325 e. The van der Waals surface area contributed by atoms with Crippen LogP contribution >= 0.6 is 11.3 Å². The first-order valence-corrected chi connectivity index (χ1v) is 9.71. The lowest BCUT2D eigenvalue weighted by atomic mass is 9.91. The molecule has 9 nitrogen and oxygen atoms in total. The predicted octanol–water partition coefficient (Wildman–Crippen LogP) is 1.55. The van der Waals surface area contributed by atoms with Crippen molar-refractivity contribution in [2.45, 2.75) is 32.4 Å². The third-order valence-corrected chi connectivity index (χ3v) is 5.88. The summed E-state index contributed by atoms with van der Waals surface area (Å²) in [5.41, 5.74) is -0.281. The standard InChI is InChI=1S/C19H16N6O3S/c1-3-14-23-25-15(26)8-13(21-18(25)29-14)10-24-16(27)19(2,22-17(24)28)12-6-4-11(9-20)5-7-12/h4-8H,3,10H2,1-2H3,(H,22,28)/t19-/m0/s1. The Morgan fingerprint density at radius 2 is 1.97 bits per heavy atom. The van der Waals surface area contributed by atoms with Crippen LogP contribution < -0.4 is 10.9 Å². The number of hydrogen-bond donors (Lipinski definition) is 1. The van der Waals surface area contributed by atoms with Gasteiger partial charge in [-0.05, 0) is 31.0 Å². The molecular weight excluding hydrogens is 392 g/mol. The third-order valence-electron chi connectivity index (χ3n) is 4.83. The van der Waals surface area contributed by atoms with Gasteiger partial charge in [0.1, 0.15) is 10.5 Å². The molecule has 0 saturated carbocycles. The molecule has 4 rings (SSSR count). The fourth-order valence-corrected chi connectivity index (χ4v) is 4.05. The van der Waals surface area contributed by atoms with E-state index in [1.54, 1.807) is 31.2 Å². The number of hydrogen-bond acceptors (Lipinski definition) is 7. The number of carbonyl (C=O) groups is 2. The Labute approximate surface area is 169 Å². The van der Waals surface area contributed by atoms with Gasteiger partial charge in [-0.3, -0.25) is 14.5 Å². The van der Waals surface area contributed by atoms with Crippen LogP contribution in [0, 0.1) is 11.3 Å². The lowest BCUT2D eigenvalue weighted by molar-refractivity contribution is -0.131. The van der Waals surface area contributed by atoms with Crippen molar-refractivity contribution >= 4 is 28.2 Å². The summed E-state index contributed by atoms with van der Waals surface area (Å²) in [6, 6.07) is 9.19. The van der Waals surface area contributed by atoms with Crippen molar-refractivity contribution < 1.29 is 9.59 Å². The van der Waals surface area contributed by atoms with Crippen LogP contribution in [-0.2, 0) is 23.3 Å². The maximum atomic E-state index is 13.1. The number of imide groups is 1. The van der Waals surface area contributed by atoms with Crippen LogP contribution in [0.5, 0.6) is 0 Å². The quantitative estimate of drug-likeness (QED) is 0.654. The van der Waals surface area contributed by atoms with Gasteiger partial charge in [0, 0.05) is 6.07 Å². The molecule has 3 amide bonds. The summed E-state index contributed by atoms with van der Waals surface area (Å²) in [7, 11) is 0. The number of nitrogens with one attached hydrogen (secondary N) is 1. The van der Waals surface area contributed by atoms with E-state index in [0.29, 0.717) is 28.2 Å². The van der Waals surface area contributed by atoms with Crippen LogP contribution in [0.2, 0.25) is 0 Å². The maximum absolute atomic E-state index is 13.1. The number of fused-ring (bicyclic) bond motifs is 1. The van der Waals surface area contributed by atoms with Gasteiger partial charge in [-0.1, -0.05) is 30.4 Å². The second-order valence-electron chi connectivity index (χ2n) is 6.77. The zero-order valence-electron chi connectivity index (χ0n) is 15.7. The molecule has 0 bridgehead atoms. The molecule has 0 aliphatic carbocycles. The molecule has 1 aromatic carbocycles. The molecular formula is C19H16N6O3S. The van der Waals surface area contributed by atoms with Gasteiger partial charge in [-0.25, -0.2) is 9.78 Å². The minimum atomic E-state index is -1.26. The number of urea groups is 1. The van der Waals surface area contributed by atoms with Crippen molar-refractivity contribution in [3.8, 4) is 6.07 Å².